The van der Waals surface area contributed by atoms with Crippen LogP contribution in [0.1, 0.15) is 32.2 Å². The number of para-hydroxylation sites is 1. The molecule has 0 saturated heterocycles. The largest absolute Gasteiger partial charge is 0.328 e. The van der Waals surface area contributed by atoms with Crippen molar-refractivity contribution < 1.29 is 0 Å². The fraction of sp³-hybridized carbons (Fsp3) is 0.312. The quantitative estimate of drug-likeness (QED) is 0.767. The smallest absolute Gasteiger partial charge is 0.137 e. The summed E-state index contributed by atoms with van der Waals surface area (Å²) in [5.41, 5.74) is 1.30. The molecule has 5 heteroatoms. The van der Waals surface area contributed by atoms with Gasteiger partial charge < -0.3 is 4.90 Å². The van der Waals surface area contributed by atoms with Gasteiger partial charge in [0.05, 0.1) is 11.3 Å². The predicted octanol–water partition coefficient (Wildman–Crippen LogP) is 4.18. The number of nitriles is 1. The molecule has 2 rings (SSSR count). The fourth-order valence-corrected chi connectivity index (χ4v) is 2.27. The molecule has 0 amide bonds. The second-order valence-corrected chi connectivity index (χ2v) is 6.62. The Hall–Kier alpha value is -1.93. The van der Waals surface area contributed by atoms with Gasteiger partial charge in [-0.05, 0) is 28.1 Å². The molecule has 1 heterocycles. The standard InChI is InChI=1S/C16H17BrN4/c1-16(2,3)15-19-13(17)9-14(20-15)21(4)12-8-6-5-7-11(12)10-18/h5-9H,1-4H3. The van der Waals surface area contributed by atoms with Crippen molar-refractivity contribution in [1.29, 1.82) is 5.26 Å². The molecule has 108 valence electrons. The first kappa shape index (κ1) is 15.5. The number of aromatic nitrogens is 2. The Morgan fingerprint density at radius 2 is 1.86 bits per heavy atom. The first-order valence-corrected chi connectivity index (χ1v) is 7.40. The molecule has 0 aliphatic rings. The van der Waals surface area contributed by atoms with Crippen LogP contribution in [0.3, 0.4) is 0 Å². The van der Waals surface area contributed by atoms with Gasteiger partial charge in [0.2, 0.25) is 0 Å². The van der Waals surface area contributed by atoms with Crippen molar-refractivity contribution in [3.05, 3.63) is 46.3 Å². The van der Waals surface area contributed by atoms with Crippen molar-refractivity contribution in [3.8, 4) is 6.07 Å². The van der Waals surface area contributed by atoms with Crippen LogP contribution in [0, 0.1) is 11.3 Å². The van der Waals surface area contributed by atoms with Gasteiger partial charge in [-0.15, -0.1) is 0 Å². The molecule has 0 bridgehead atoms. The highest BCUT2D eigenvalue weighted by molar-refractivity contribution is 9.10. The van der Waals surface area contributed by atoms with Gasteiger partial charge >= 0.3 is 0 Å². The van der Waals surface area contributed by atoms with E-state index in [9.17, 15) is 5.26 Å². The van der Waals surface area contributed by atoms with E-state index in [-0.39, 0.29) is 5.41 Å². The van der Waals surface area contributed by atoms with E-state index in [1.807, 2.05) is 36.2 Å². The Labute approximate surface area is 133 Å². The zero-order valence-corrected chi connectivity index (χ0v) is 14.1. The van der Waals surface area contributed by atoms with Crippen molar-refractivity contribution in [3.63, 3.8) is 0 Å². The molecule has 0 fully saturated rings. The molecule has 0 unspecified atom stereocenters. The summed E-state index contributed by atoms with van der Waals surface area (Å²) in [7, 11) is 1.90. The van der Waals surface area contributed by atoms with Crippen molar-refractivity contribution >= 4 is 27.4 Å². The van der Waals surface area contributed by atoms with E-state index >= 15 is 0 Å². The number of rotatable bonds is 2. The number of hydrogen-bond acceptors (Lipinski definition) is 4. The van der Waals surface area contributed by atoms with Crippen LogP contribution < -0.4 is 4.90 Å². The highest BCUT2D eigenvalue weighted by Gasteiger charge is 2.20. The van der Waals surface area contributed by atoms with Gasteiger partial charge in [-0.2, -0.15) is 5.26 Å². The summed E-state index contributed by atoms with van der Waals surface area (Å²) in [5.74, 6) is 1.51. The van der Waals surface area contributed by atoms with Gasteiger partial charge in [-0.1, -0.05) is 32.9 Å². The van der Waals surface area contributed by atoms with Crippen molar-refractivity contribution in [2.24, 2.45) is 0 Å². The molecule has 0 N–H and O–H groups in total. The highest BCUT2D eigenvalue weighted by atomic mass is 79.9. The Bertz CT molecular complexity index is 698. The molecule has 1 aromatic carbocycles. The van der Waals surface area contributed by atoms with Crippen LogP contribution in [0.25, 0.3) is 0 Å². The predicted molar refractivity (Wildman–Crippen MR) is 87.7 cm³/mol. The third-order valence-corrected chi connectivity index (χ3v) is 3.49. The third kappa shape index (κ3) is 3.40. The Kier molecular flexibility index (Phi) is 4.29. The van der Waals surface area contributed by atoms with Crippen LogP contribution >= 0.6 is 15.9 Å². The summed E-state index contributed by atoms with van der Waals surface area (Å²) in [5, 5.41) is 9.23. The van der Waals surface area contributed by atoms with E-state index in [4.69, 9.17) is 0 Å². The summed E-state index contributed by atoms with van der Waals surface area (Å²) >= 11 is 3.44. The van der Waals surface area contributed by atoms with E-state index in [0.717, 1.165) is 21.9 Å². The molecule has 0 radical (unpaired) electrons. The second kappa shape index (κ2) is 5.82. The summed E-state index contributed by atoms with van der Waals surface area (Å²) in [6.07, 6.45) is 0. The van der Waals surface area contributed by atoms with Crippen LogP contribution in [0.15, 0.2) is 34.9 Å². The van der Waals surface area contributed by atoms with Crippen LogP contribution in [0.4, 0.5) is 11.5 Å². The molecule has 21 heavy (non-hydrogen) atoms. The minimum absolute atomic E-state index is 0.145. The van der Waals surface area contributed by atoms with E-state index in [1.54, 1.807) is 6.07 Å². The molecule has 0 atom stereocenters. The summed E-state index contributed by atoms with van der Waals surface area (Å²) in [6.45, 7) is 6.21. The molecule has 4 nitrogen and oxygen atoms in total. The van der Waals surface area contributed by atoms with Crippen LogP contribution in [0.2, 0.25) is 0 Å². The van der Waals surface area contributed by atoms with Crippen molar-refractivity contribution in [2.45, 2.75) is 26.2 Å². The lowest BCUT2D eigenvalue weighted by atomic mass is 9.96. The molecular weight excluding hydrogens is 328 g/mol. The van der Waals surface area contributed by atoms with Gasteiger partial charge in [-0.3, -0.25) is 0 Å². The molecule has 0 aliphatic carbocycles. The fourth-order valence-electron chi connectivity index (χ4n) is 1.90. The number of halogens is 1. The lowest BCUT2D eigenvalue weighted by Gasteiger charge is -2.23. The topological polar surface area (TPSA) is 52.8 Å². The van der Waals surface area contributed by atoms with Gasteiger partial charge in [0.1, 0.15) is 22.3 Å². The van der Waals surface area contributed by atoms with Gasteiger partial charge in [-0.25, -0.2) is 9.97 Å². The number of anilines is 2. The van der Waals surface area contributed by atoms with Gasteiger partial charge in [0, 0.05) is 18.5 Å². The van der Waals surface area contributed by atoms with Crippen LogP contribution in [-0.4, -0.2) is 17.0 Å². The maximum atomic E-state index is 9.23. The molecule has 0 saturated carbocycles. The van der Waals surface area contributed by atoms with Crippen molar-refractivity contribution in [1.82, 2.24) is 9.97 Å². The second-order valence-electron chi connectivity index (χ2n) is 5.81. The SMILES string of the molecule is CN(c1cc(Br)nc(C(C)(C)C)n1)c1ccccc1C#N. The molecule has 0 spiro atoms. The summed E-state index contributed by atoms with van der Waals surface area (Å²) in [4.78, 5) is 11.0. The van der Waals surface area contributed by atoms with Crippen LogP contribution in [-0.2, 0) is 5.41 Å². The molecule has 2 aromatic rings. The average molecular weight is 345 g/mol. The van der Waals surface area contributed by atoms with Crippen LogP contribution in [0.5, 0.6) is 0 Å². The molecular formula is C16H17BrN4. The lowest BCUT2D eigenvalue weighted by Crippen LogP contribution is -2.20. The van der Waals surface area contributed by atoms with E-state index in [0.29, 0.717) is 5.56 Å². The average Bonchev–Trinajstić information content (AvgIpc) is 2.45. The number of hydrogen-bond donors (Lipinski definition) is 0. The first-order chi connectivity index (χ1) is 9.82. The van der Waals surface area contributed by atoms with E-state index in [1.165, 1.54) is 0 Å². The molecule has 1 aromatic heterocycles. The molecule has 0 aliphatic heterocycles. The number of nitrogens with zero attached hydrogens (tertiary/aromatic N) is 4. The normalized spacial score (nSPS) is 11.0. The lowest BCUT2D eigenvalue weighted by molar-refractivity contribution is 0.543. The summed E-state index contributed by atoms with van der Waals surface area (Å²) in [6, 6.07) is 11.5. The zero-order valence-electron chi connectivity index (χ0n) is 12.6. The maximum Gasteiger partial charge on any atom is 0.137 e. The Morgan fingerprint density at radius 1 is 1.19 bits per heavy atom. The third-order valence-electron chi connectivity index (χ3n) is 3.08. The first-order valence-electron chi connectivity index (χ1n) is 6.61. The van der Waals surface area contributed by atoms with Crippen molar-refractivity contribution in [2.75, 3.05) is 11.9 Å². The van der Waals surface area contributed by atoms with Gasteiger partial charge in [0.15, 0.2) is 0 Å². The minimum atomic E-state index is -0.145. The zero-order chi connectivity index (χ0) is 15.6. The highest BCUT2D eigenvalue weighted by Crippen LogP contribution is 2.29. The number of benzene rings is 1. The van der Waals surface area contributed by atoms with E-state index < -0.39 is 0 Å². The summed E-state index contributed by atoms with van der Waals surface area (Å²) < 4.78 is 0.735. The van der Waals surface area contributed by atoms with E-state index in [2.05, 4.69) is 52.7 Å². The Balaban J connectivity index is 2.52. The minimum Gasteiger partial charge on any atom is -0.328 e. The monoisotopic (exact) mass is 344 g/mol. The Morgan fingerprint density at radius 3 is 2.48 bits per heavy atom. The van der Waals surface area contributed by atoms with Gasteiger partial charge in [0.25, 0.3) is 0 Å². The maximum absolute atomic E-state index is 9.23.